The first-order chi connectivity index (χ1) is 12.5. The zero-order valence-corrected chi connectivity index (χ0v) is 17.3. The smallest absolute Gasteiger partial charge is 0.410 e. The van der Waals surface area contributed by atoms with Crippen molar-refractivity contribution in [2.24, 2.45) is 5.92 Å². The molecule has 1 atom stereocenters. The van der Waals surface area contributed by atoms with E-state index in [1.54, 1.807) is 33.9 Å². The lowest BCUT2D eigenvalue weighted by Crippen LogP contribution is -2.45. The molecule has 0 N–H and O–H groups in total. The Labute approximate surface area is 161 Å². The number of carbonyl (C=O) groups is 1. The summed E-state index contributed by atoms with van der Waals surface area (Å²) in [5.41, 5.74) is -0.138. The van der Waals surface area contributed by atoms with Crippen molar-refractivity contribution < 1.29 is 22.3 Å². The highest BCUT2D eigenvalue weighted by Gasteiger charge is 2.31. The van der Waals surface area contributed by atoms with Crippen LogP contribution in [0.25, 0.3) is 0 Å². The van der Waals surface area contributed by atoms with Gasteiger partial charge in [0.25, 0.3) is 0 Å². The first kappa shape index (κ1) is 21.6. The van der Waals surface area contributed by atoms with Crippen molar-refractivity contribution in [2.75, 3.05) is 26.7 Å². The summed E-state index contributed by atoms with van der Waals surface area (Å²) in [5, 5.41) is 0. The predicted octanol–water partition coefficient (Wildman–Crippen LogP) is 3.23. The molecule has 1 amide bonds. The Morgan fingerprint density at radius 3 is 2.70 bits per heavy atom. The molecule has 2 rings (SSSR count). The number of hydrogen-bond donors (Lipinski definition) is 0. The van der Waals surface area contributed by atoms with Crippen molar-refractivity contribution in [2.45, 2.75) is 45.0 Å². The van der Waals surface area contributed by atoms with E-state index in [-0.39, 0.29) is 11.7 Å². The second-order valence-corrected chi connectivity index (χ2v) is 10.1. The van der Waals surface area contributed by atoms with Crippen molar-refractivity contribution in [1.29, 1.82) is 0 Å². The molecule has 0 bridgehead atoms. The third-order valence-electron chi connectivity index (χ3n) is 4.35. The van der Waals surface area contributed by atoms with Crippen molar-refractivity contribution in [1.82, 2.24) is 9.21 Å². The number of rotatable bonds is 5. The molecule has 6 nitrogen and oxygen atoms in total. The highest BCUT2D eigenvalue weighted by atomic mass is 32.2. The van der Waals surface area contributed by atoms with Crippen LogP contribution in [0.3, 0.4) is 0 Å². The fraction of sp³-hybridized carbons (Fsp3) is 0.632. The van der Waals surface area contributed by atoms with Crippen LogP contribution in [0, 0.1) is 11.7 Å². The normalized spacial score (nSPS) is 18.9. The van der Waals surface area contributed by atoms with E-state index in [1.807, 2.05) is 0 Å². The van der Waals surface area contributed by atoms with Gasteiger partial charge in [-0.05, 0) is 57.2 Å². The number of hydrogen-bond acceptors (Lipinski definition) is 4. The summed E-state index contributed by atoms with van der Waals surface area (Å²) in [6, 6.07) is 5.65. The molecular formula is C19H29FN2O4S. The highest BCUT2D eigenvalue weighted by Crippen LogP contribution is 2.23. The second kappa shape index (κ2) is 8.56. The van der Waals surface area contributed by atoms with Gasteiger partial charge in [-0.1, -0.05) is 12.1 Å². The standard InChI is InChI=1S/C19H29FN2O4S/c1-19(2,3)26-18(23)21(4)12-16-8-6-10-22(13-16)27(24,25)14-15-7-5-9-17(20)11-15/h5,7,9,11,16H,6,8,10,12-14H2,1-4H3. The maximum Gasteiger partial charge on any atom is 0.410 e. The molecule has 0 aromatic heterocycles. The van der Waals surface area contributed by atoms with Crippen LogP contribution in [0.5, 0.6) is 0 Å². The Balaban J connectivity index is 1.97. The summed E-state index contributed by atoms with van der Waals surface area (Å²) < 4.78 is 45.6. The largest absolute Gasteiger partial charge is 0.444 e. The van der Waals surface area contributed by atoms with Crippen LogP contribution >= 0.6 is 0 Å². The number of halogens is 1. The molecule has 27 heavy (non-hydrogen) atoms. The molecule has 1 unspecified atom stereocenters. The predicted molar refractivity (Wildman–Crippen MR) is 102 cm³/mol. The highest BCUT2D eigenvalue weighted by molar-refractivity contribution is 7.88. The summed E-state index contributed by atoms with van der Waals surface area (Å²) >= 11 is 0. The van der Waals surface area contributed by atoms with Crippen LogP contribution in [0.1, 0.15) is 39.2 Å². The van der Waals surface area contributed by atoms with Crippen LogP contribution in [0.4, 0.5) is 9.18 Å². The van der Waals surface area contributed by atoms with Gasteiger partial charge in [0.15, 0.2) is 0 Å². The molecule has 8 heteroatoms. The van der Waals surface area contributed by atoms with E-state index in [1.165, 1.54) is 27.4 Å². The summed E-state index contributed by atoms with van der Waals surface area (Å²) in [4.78, 5) is 13.6. The summed E-state index contributed by atoms with van der Waals surface area (Å²) in [6.07, 6.45) is 1.16. The first-order valence-corrected chi connectivity index (χ1v) is 10.7. The lowest BCUT2D eigenvalue weighted by Gasteiger charge is -2.34. The molecule has 0 radical (unpaired) electrons. The fourth-order valence-electron chi connectivity index (χ4n) is 3.16. The molecule has 0 spiro atoms. The average Bonchev–Trinajstić information content (AvgIpc) is 2.53. The van der Waals surface area contributed by atoms with Crippen molar-refractivity contribution in [3.05, 3.63) is 35.6 Å². The number of sulfonamides is 1. The second-order valence-electron chi connectivity index (χ2n) is 8.11. The van der Waals surface area contributed by atoms with Gasteiger partial charge in [0.1, 0.15) is 11.4 Å². The topological polar surface area (TPSA) is 66.9 Å². The first-order valence-electron chi connectivity index (χ1n) is 9.13. The number of benzene rings is 1. The van der Waals surface area contributed by atoms with E-state index in [4.69, 9.17) is 4.74 Å². The van der Waals surface area contributed by atoms with Gasteiger partial charge in [-0.2, -0.15) is 0 Å². The number of piperidine rings is 1. The molecule has 1 saturated heterocycles. The van der Waals surface area contributed by atoms with Crippen LogP contribution < -0.4 is 0 Å². The van der Waals surface area contributed by atoms with E-state index in [9.17, 15) is 17.6 Å². The maximum absolute atomic E-state index is 13.3. The Bertz CT molecular complexity index is 761. The molecule has 0 aliphatic carbocycles. The molecule has 1 aliphatic rings. The Morgan fingerprint density at radius 2 is 2.07 bits per heavy atom. The molecule has 1 aliphatic heterocycles. The molecule has 1 aromatic carbocycles. The monoisotopic (exact) mass is 400 g/mol. The maximum atomic E-state index is 13.3. The van der Waals surface area contributed by atoms with Gasteiger partial charge in [-0.25, -0.2) is 21.9 Å². The summed E-state index contributed by atoms with van der Waals surface area (Å²) in [7, 11) is -1.88. The molecule has 152 valence electrons. The van der Waals surface area contributed by atoms with E-state index in [0.717, 1.165) is 12.8 Å². The number of nitrogens with zero attached hydrogens (tertiary/aromatic N) is 2. The van der Waals surface area contributed by atoms with Crippen LogP contribution in [0.2, 0.25) is 0 Å². The minimum absolute atomic E-state index is 0.0403. The molecular weight excluding hydrogens is 371 g/mol. The SMILES string of the molecule is CN(CC1CCCN(S(=O)(=O)Cc2cccc(F)c2)C1)C(=O)OC(C)(C)C. The van der Waals surface area contributed by atoms with Gasteiger partial charge in [-0.3, -0.25) is 0 Å². The summed E-state index contributed by atoms with van der Waals surface area (Å²) in [5.74, 6) is -0.629. The summed E-state index contributed by atoms with van der Waals surface area (Å²) in [6.45, 7) is 6.65. The van der Waals surface area contributed by atoms with Crippen molar-refractivity contribution in [3.63, 3.8) is 0 Å². The van der Waals surface area contributed by atoms with E-state index < -0.39 is 27.5 Å². The molecule has 1 fully saturated rings. The van der Waals surface area contributed by atoms with Crippen LogP contribution in [-0.4, -0.2) is 56.0 Å². The van der Waals surface area contributed by atoms with Gasteiger partial charge < -0.3 is 9.64 Å². The van der Waals surface area contributed by atoms with Gasteiger partial charge in [-0.15, -0.1) is 0 Å². The Kier molecular flexibility index (Phi) is 6.86. The minimum Gasteiger partial charge on any atom is -0.444 e. The number of ether oxygens (including phenoxy) is 1. The number of amides is 1. The average molecular weight is 401 g/mol. The molecule has 1 heterocycles. The van der Waals surface area contributed by atoms with E-state index in [0.29, 0.717) is 25.2 Å². The zero-order chi connectivity index (χ0) is 20.2. The molecule has 1 aromatic rings. The lowest BCUT2D eigenvalue weighted by molar-refractivity contribution is 0.0258. The van der Waals surface area contributed by atoms with Crippen LogP contribution in [0.15, 0.2) is 24.3 Å². The van der Waals surface area contributed by atoms with E-state index in [2.05, 4.69) is 0 Å². The van der Waals surface area contributed by atoms with Crippen molar-refractivity contribution in [3.8, 4) is 0 Å². The third kappa shape index (κ3) is 6.77. The van der Waals surface area contributed by atoms with E-state index >= 15 is 0 Å². The quantitative estimate of drug-likeness (QED) is 0.761. The van der Waals surface area contributed by atoms with Gasteiger partial charge in [0.2, 0.25) is 10.0 Å². The minimum atomic E-state index is -3.54. The fourth-order valence-corrected chi connectivity index (χ4v) is 4.79. The van der Waals surface area contributed by atoms with Gasteiger partial charge in [0.05, 0.1) is 5.75 Å². The van der Waals surface area contributed by atoms with Crippen LogP contribution in [-0.2, 0) is 20.5 Å². The number of carbonyl (C=O) groups excluding carboxylic acids is 1. The Hall–Kier alpha value is -1.67. The van der Waals surface area contributed by atoms with Gasteiger partial charge >= 0.3 is 6.09 Å². The zero-order valence-electron chi connectivity index (χ0n) is 16.4. The molecule has 0 saturated carbocycles. The van der Waals surface area contributed by atoms with Gasteiger partial charge in [0, 0.05) is 26.7 Å². The third-order valence-corrected chi connectivity index (χ3v) is 6.17. The lowest BCUT2D eigenvalue weighted by atomic mass is 9.99. The Morgan fingerprint density at radius 1 is 1.37 bits per heavy atom. The van der Waals surface area contributed by atoms with Crippen molar-refractivity contribution >= 4 is 16.1 Å².